The molecule has 1 aromatic rings. The maximum atomic E-state index is 12.5. The van der Waals surface area contributed by atoms with Crippen molar-refractivity contribution in [3.63, 3.8) is 0 Å². The number of nitrogens with zero attached hydrogens (tertiary/aromatic N) is 2. The molecule has 1 aromatic heterocycles. The van der Waals surface area contributed by atoms with E-state index in [-0.39, 0.29) is 11.9 Å². The normalized spacial score (nSPS) is 16.1. The zero-order valence-corrected chi connectivity index (χ0v) is 11.5. The topological polar surface area (TPSA) is 68.5 Å². The molecular weight excluding hydrogens is 242 g/mol. The monoisotopic (exact) mass is 263 g/mol. The van der Waals surface area contributed by atoms with Gasteiger partial charge in [0.05, 0.1) is 18.5 Å². The first-order valence-electron chi connectivity index (χ1n) is 6.65. The number of nitrogens with two attached hydrogens (primary N) is 1. The van der Waals surface area contributed by atoms with E-state index >= 15 is 0 Å². The minimum Gasteiger partial charge on any atom is -0.397 e. The Labute approximate surface area is 113 Å². The molecule has 1 heterocycles. The molecule has 0 spiro atoms. The smallest absolute Gasteiger partial charge is 0.272 e. The van der Waals surface area contributed by atoms with Crippen molar-refractivity contribution in [2.45, 2.75) is 25.8 Å². The summed E-state index contributed by atoms with van der Waals surface area (Å²) >= 11 is 0. The van der Waals surface area contributed by atoms with Crippen LogP contribution in [0.3, 0.4) is 0 Å². The second-order valence-electron chi connectivity index (χ2n) is 5.05. The van der Waals surface area contributed by atoms with Crippen LogP contribution in [0, 0.1) is 5.92 Å². The van der Waals surface area contributed by atoms with Gasteiger partial charge in [0.15, 0.2) is 0 Å². The molecule has 5 nitrogen and oxygen atoms in total. The van der Waals surface area contributed by atoms with Crippen LogP contribution in [-0.2, 0) is 4.74 Å². The standard InChI is InChI=1S/C14H21N3O2/c1-10(11-3-4-11)17(7-8-19-2)14(18)13-6-5-12(15)9-16-13/h5-6,9-11H,3-4,7-8,15H2,1-2H3. The Morgan fingerprint density at radius 2 is 2.32 bits per heavy atom. The molecule has 1 fully saturated rings. The van der Waals surface area contributed by atoms with Crippen molar-refractivity contribution in [3.8, 4) is 0 Å². The van der Waals surface area contributed by atoms with Crippen molar-refractivity contribution in [1.82, 2.24) is 9.88 Å². The minimum atomic E-state index is -0.0450. The highest BCUT2D eigenvalue weighted by molar-refractivity contribution is 5.92. The molecule has 1 aliphatic carbocycles. The van der Waals surface area contributed by atoms with Crippen LogP contribution in [0.1, 0.15) is 30.3 Å². The van der Waals surface area contributed by atoms with Crippen molar-refractivity contribution in [1.29, 1.82) is 0 Å². The van der Waals surface area contributed by atoms with E-state index in [0.717, 1.165) is 0 Å². The van der Waals surface area contributed by atoms with E-state index in [9.17, 15) is 4.79 Å². The molecule has 0 bridgehead atoms. The van der Waals surface area contributed by atoms with E-state index < -0.39 is 0 Å². The van der Waals surface area contributed by atoms with Gasteiger partial charge in [0.2, 0.25) is 0 Å². The van der Waals surface area contributed by atoms with Crippen LogP contribution in [0.4, 0.5) is 5.69 Å². The number of amides is 1. The van der Waals surface area contributed by atoms with Gasteiger partial charge in [-0.1, -0.05) is 0 Å². The maximum Gasteiger partial charge on any atom is 0.272 e. The summed E-state index contributed by atoms with van der Waals surface area (Å²) in [5.74, 6) is 0.575. The maximum absolute atomic E-state index is 12.5. The molecule has 1 saturated carbocycles. The first-order valence-corrected chi connectivity index (χ1v) is 6.65. The summed E-state index contributed by atoms with van der Waals surface area (Å²) in [6.45, 7) is 3.24. The minimum absolute atomic E-state index is 0.0450. The van der Waals surface area contributed by atoms with E-state index in [4.69, 9.17) is 10.5 Å². The lowest BCUT2D eigenvalue weighted by Crippen LogP contribution is -2.42. The third-order valence-corrected chi connectivity index (χ3v) is 3.60. The van der Waals surface area contributed by atoms with Crippen LogP contribution >= 0.6 is 0 Å². The number of hydrogen-bond acceptors (Lipinski definition) is 4. The summed E-state index contributed by atoms with van der Waals surface area (Å²) in [5, 5.41) is 0. The van der Waals surface area contributed by atoms with Crippen molar-refractivity contribution in [3.05, 3.63) is 24.0 Å². The Balaban J connectivity index is 2.11. The number of carbonyl (C=O) groups is 1. The van der Waals surface area contributed by atoms with E-state index in [1.54, 1.807) is 19.2 Å². The first kappa shape index (κ1) is 13.8. The van der Waals surface area contributed by atoms with Gasteiger partial charge < -0.3 is 15.4 Å². The van der Waals surface area contributed by atoms with Gasteiger partial charge in [0, 0.05) is 19.7 Å². The van der Waals surface area contributed by atoms with Crippen molar-refractivity contribution >= 4 is 11.6 Å². The van der Waals surface area contributed by atoms with Gasteiger partial charge in [-0.2, -0.15) is 0 Å². The molecular formula is C14H21N3O2. The first-order chi connectivity index (χ1) is 9.13. The number of methoxy groups -OCH3 is 1. The fourth-order valence-electron chi connectivity index (χ4n) is 2.19. The lowest BCUT2D eigenvalue weighted by Gasteiger charge is -2.29. The number of aromatic nitrogens is 1. The van der Waals surface area contributed by atoms with Crippen molar-refractivity contribution < 1.29 is 9.53 Å². The summed E-state index contributed by atoms with van der Waals surface area (Å²) in [5.41, 5.74) is 6.60. The summed E-state index contributed by atoms with van der Waals surface area (Å²) in [6.07, 6.45) is 3.92. The molecule has 1 unspecified atom stereocenters. The molecule has 0 saturated heterocycles. The zero-order valence-electron chi connectivity index (χ0n) is 11.5. The molecule has 1 amide bonds. The molecule has 104 valence electrons. The molecule has 1 aliphatic rings. The van der Waals surface area contributed by atoms with Gasteiger partial charge in [-0.05, 0) is 37.8 Å². The largest absolute Gasteiger partial charge is 0.397 e. The molecule has 19 heavy (non-hydrogen) atoms. The Hall–Kier alpha value is -1.62. The van der Waals surface area contributed by atoms with Crippen molar-refractivity contribution in [2.75, 3.05) is 26.0 Å². The number of pyridine rings is 1. The van der Waals surface area contributed by atoms with Gasteiger partial charge in [-0.25, -0.2) is 4.98 Å². The highest BCUT2D eigenvalue weighted by atomic mass is 16.5. The van der Waals surface area contributed by atoms with Gasteiger partial charge in [0.25, 0.3) is 5.91 Å². The molecule has 2 N–H and O–H groups in total. The Morgan fingerprint density at radius 1 is 1.58 bits per heavy atom. The zero-order chi connectivity index (χ0) is 13.8. The summed E-state index contributed by atoms with van der Waals surface area (Å²) in [7, 11) is 1.64. The van der Waals surface area contributed by atoms with E-state index in [1.807, 2.05) is 4.90 Å². The number of anilines is 1. The second-order valence-corrected chi connectivity index (χ2v) is 5.05. The van der Waals surface area contributed by atoms with E-state index in [2.05, 4.69) is 11.9 Å². The molecule has 0 aromatic carbocycles. The van der Waals surface area contributed by atoms with Crippen LogP contribution < -0.4 is 5.73 Å². The summed E-state index contributed by atoms with van der Waals surface area (Å²) in [4.78, 5) is 18.5. The molecule has 2 rings (SSSR count). The van der Waals surface area contributed by atoms with Crippen LogP contribution in [0.25, 0.3) is 0 Å². The molecule has 5 heteroatoms. The van der Waals surface area contributed by atoms with Crippen LogP contribution in [0.2, 0.25) is 0 Å². The van der Waals surface area contributed by atoms with Crippen LogP contribution in [0.15, 0.2) is 18.3 Å². The SMILES string of the molecule is COCCN(C(=O)c1ccc(N)cn1)C(C)C1CC1. The lowest BCUT2D eigenvalue weighted by atomic mass is 10.1. The Kier molecular flexibility index (Phi) is 4.37. The Bertz CT molecular complexity index is 429. The Morgan fingerprint density at radius 3 is 2.84 bits per heavy atom. The predicted molar refractivity (Wildman–Crippen MR) is 73.7 cm³/mol. The summed E-state index contributed by atoms with van der Waals surface area (Å²) in [6, 6.07) is 3.62. The third-order valence-electron chi connectivity index (χ3n) is 3.60. The number of nitrogen functional groups attached to an aromatic ring is 1. The van der Waals surface area contributed by atoms with Gasteiger partial charge in [0.1, 0.15) is 5.69 Å². The number of hydrogen-bond donors (Lipinski definition) is 1. The van der Waals surface area contributed by atoms with Gasteiger partial charge in [-0.3, -0.25) is 4.79 Å². The average molecular weight is 263 g/mol. The number of rotatable bonds is 6. The van der Waals surface area contributed by atoms with E-state index in [1.165, 1.54) is 19.0 Å². The summed E-state index contributed by atoms with van der Waals surface area (Å²) < 4.78 is 5.09. The van der Waals surface area contributed by atoms with Crippen LogP contribution in [0.5, 0.6) is 0 Å². The molecule has 0 radical (unpaired) electrons. The number of ether oxygens (including phenoxy) is 1. The van der Waals surface area contributed by atoms with Gasteiger partial charge in [-0.15, -0.1) is 0 Å². The third kappa shape index (κ3) is 3.44. The lowest BCUT2D eigenvalue weighted by molar-refractivity contribution is 0.0589. The fourth-order valence-corrected chi connectivity index (χ4v) is 2.19. The number of carbonyl (C=O) groups excluding carboxylic acids is 1. The highest BCUT2D eigenvalue weighted by Gasteiger charge is 2.34. The van der Waals surface area contributed by atoms with Crippen LogP contribution in [-0.4, -0.2) is 42.1 Å². The second kappa shape index (κ2) is 6.02. The molecule has 0 aliphatic heterocycles. The van der Waals surface area contributed by atoms with E-state index in [0.29, 0.717) is 30.5 Å². The quantitative estimate of drug-likeness (QED) is 0.845. The predicted octanol–water partition coefficient (Wildman–Crippen LogP) is 1.55. The highest BCUT2D eigenvalue weighted by Crippen LogP contribution is 2.35. The van der Waals surface area contributed by atoms with Crippen molar-refractivity contribution in [2.24, 2.45) is 5.92 Å². The molecule has 1 atom stereocenters. The average Bonchev–Trinajstić information content (AvgIpc) is 3.23. The fraction of sp³-hybridized carbons (Fsp3) is 0.571. The van der Waals surface area contributed by atoms with Gasteiger partial charge >= 0.3 is 0 Å².